The van der Waals surface area contributed by atoms with E-state index in [-0.39, 0.29) is 5.56 Å². The van der Waals surface area contributed by atoms with Crippen LogP contribution < -0.4 is 11.1 Å². The third kappa shape index (κ3) is 3.74. The highest BCUT2D eigenvalue weighted by Gasteiger charge is 2.21. The molecule has 7 nitrogen and oxygen atoms in total. The van der Waals surface area contributed by atoms with Gasteiger partial charge >= 0.3 is 12.0 Å². The topological polar surface area (TPSA) is 122 Å². The van der Waals surface area contributed by atoms with Crippen LogP contribution in [0.15, 0.2) is 12.1 Å². The van der Waals surface area contributed by atoms with Crippen molar-refractivity contribution < 1.29 is 27.9 Å². The van der Waals surface area contributed by atoms with Gasteiger partial charge in [-0.15, -0.1) is 0 Å². The molecule has 0 aromatic heterocycles. The number of benzene rings is 1. The summed E-state index contributed by atoms with van der Waals surface area (Å²) in [5.74, 6) is -5.12. The van der Waals surface area contributed by atoms with Crippen molar-refractivity contribution in [3.63, 3.8) is 0 Å². The Labute approximate surface area is 110 Å². The summed E-state index contributed by atoms with van der Waals surface area (Å²) in [5, 5.41) is 10.1. The predicted octanol–water partition coefficient (Wildman–Crippen LogP) is 0.188. The lowest BCUT2D eigenvalue weighted by Gasteiger charge is -2.06. The van der Waals surface area contributed by atoms with Crippen molar-refractivity contribution in [2.45, 2.75) is 0 Å². The number of imide groups is 1. The number of nitriles is 1. The monoisotopic (exact) mass is 283 g/mol. The van der Waals surface area contributed by atoms with E-state index >= 15 is 0 Å². The van der Waals surface area contributed by atoms with Crippen LogP contribution in [0.3, 0.4) is 0 Å². The Morgan fingerprint density at radius 3 is 2.30 bits per heavy atom. The fourth-order valence-electron chi connectivity index (χ4n) is 1.21. The summed E-state index contributed by atoms with van der Waals surface area (Å²) in [7, 11) is 0. The van der Waals surface area contributed by atoms with Crippen molar-refractivity contribution in [3.8, 4) is 6.07 Å². The number of esters is 1. The van der Waals surface area contributed by atoms with Crippen LogP contribution in [0.25, 0.3) is 0 Å². The molecule has 0 spiro atoms. The number of halogens is 2. The number of carbonyl (C=O) groups is 3. The molecule has 9 heteroatoms. The van der Waals surface area contributed by atoms with Gasteiger partial charge in [-0.05, 0) is 12.1 Å². The minimum absolute atomic E-state index is 0.317. The fraction of sp³-hybridized carbons (Fsp3) is 0.0909. The maximum absolute atomic E-state index is 13.4. The van der Waals surface area contributed by atoms with Crippen LogP contribution in [0.1, 0.15) is 15.9 Å². The average Bonchev–Trinajstić information content (AvgIpc) is 2.34. The number of ether oxygens (including phenoxy) is 1. The molecule has 0 aliphatic carbocycles. The molecule has 20 heavy (non-hydrogen) atoms. The lowest BCUT2D eigenvalue weighted by molar-refractivity contribution is -0.123. The molecule has 0 heterocycles. The minimum Gasteiger partial charge on any atom is -0.452 e. The number of carbonyl (C=O) groups excluding carboxylic acids is 3. The van der Waals surface area contributed by atoms with E-state index in [1.165, 1.54) is 6.07 Å². The molecule has 0 fully saturated rings. The molecule has 0 saturated heterocycles. The lowest BCUT2D eigenvalue weighted by atomic mass is 10.1. The summed E-state index contributed by atoms with van der Waals surface area (Å²) in [6.07, 6.45) is 0. The minimum atomic E-state index is -1.45. The van der Waals surface area contributed by atoms with Gasteiger partial charge in [0, 0.05) is 0 Å². The van der Waals surface area contributed by atoms with Gasteiger partial charge in [0.15, 0.2) is 6.61 Å². The van der Waals surface area contributed by atoms with Crippen LogP contribution in [0.5, 0.6) is 0 Å². The van der Waals surface area contributed by atoms with Crippen molar-refractivity contribution >= 4 is 17.9 Å². The highest BCUT2D eigenvalue weighted by molar-refractivity contribution is 5.96. The number of primary amides is 1. The van der Waals surface area contributed by atoms with E-state index < -0.39 is 41.7 Å². The molecule has 1 rings (SSSR count). The van der Waals surface area contributed by atoms with Gasteiger partial charge in [0.1, 0.15) is 17.2 Å². The molecule has 0 aliphatic rings. The maximum Gasteiger partial charge on any atom is 0.344 e. The molecule has 0 unspecified atom stereocenters. The zero-order chi connectivity index (χ0) is 15.3. The van der Waals surface area contributed by atoms with E-state index in [1.807, 2.05) is 0 Å². The van der Waals surface area contributed by atoms with Crippen molar-refractivity contribution in [1.82, 2.24) is 5.32 Å². The summed E-state index contributed by atoms with van der Waals surface area (Å²) in [5.41, 5.74) is 3.27. The zero-order valence-electron chi connectivity index (χ0n) is 9.78. The summed E-state index contributed by atoms with van der Waals surface area (Å²) < 4.78 is 31.1. The van der Waals surface area contributed by atoms with Gasteiger partial charge in [-0.3, -0.25) is 10.1 Å². The lowest BCUT2D eigenvalue weighted by Crippen LogP contribution is -2.37. The second-order valence-corrected chi connectivity index (χ2v) is 3.42. The first-order valence-electron chi connectivity index (χ1n) is 5.00. The van der Waals surface area contributed by atoms with Crippen LogP contribution in [0.4, 0.5) is 13.6 Å². The third-order valence-corrected chi connectivity index (χ3v) is 1.97. The van der Waals surface area contributed by atoms with E-state index in [4.69, 9.17) is 5.26 Å². The third-order valence-electron chi connectivity index (χ3n) is 1.97. The van der Waals surface area contributed by atoms with E-state index in [0.717, 1.165) is 0 Å². The average molecular weight is 283 g/mol. The van der Waals surface area contributed by atoms with Crippen molar-refractivity contribution in [2.75, 3.05) is 6.61 Å². The molecular weight excluding hydrogens is 276 g/mol. The second kappa shape index (κ2) is 6.24. The number of amides is 3. The van der Waals surface area contributed by atoms with Crippen molar-refractivity contribution in [2.24, 2.45) is 5.73 Å². The first kappa shape index (κ1) is 15.0. The van der Waals surface area contributed by atoms with Gasteiger partial charge in [0.25, 0.3) is 5.91 Å². The molecule has 0 atom stereocenters. The van der Waals surface area contributed by atoms with E-state index in [0.29, 0.717) is 12.1 Å². The molecule has 3 amide bonds. The Morgan fingerprint density at radius 1 is 1.30 bits per heavy atom. The van der Waals surface area contributed by atoms with Crippen molar-refractivity contribution in [3.05, 3.63) is 34.9 Å². The highest BCUT2D eigenvalue weighted by Crippen LogP contribution is 2.16. The first-order chi connectivity index (χ1) is 9.35. The van der Waals surface area contributed by atoms with Gasteiger partial charge in [0.05, 0.1) is 11.6 Å². The molecule has 1 aromatic carbocycles. The van der Waals surface area contributed by atoms with Crippen LogP contribution in [0, 0.1) is 23.0 Å². The second-order valence-electron chi connectivity index (χ2n) is 3.42. The summed E-state index contributed by atoms with van der Waals surface area (Å²) >= 11 is 0. The first-order valence-corrected chi connectivity index (χ1v) is 5.00. The smallest absolute Gasteiger partial charge is 0.344 e. The molecular formula is C11H7F2N3O4. The molecule has 104 valence electrons. The number of nitrogens with zero attached hydrogens (tertiary/aromatic N) is 1. The van der Waals surface area contributed by atoms with E-state index in [2.05, 4.69) is 10.5 Å². The van der Waals surface area contributed by atoms with Crippen molar-refractivity contribution in [1.29, 1.82) is 5.26 Å². The highest BCUT2D eigenvalue weighted by atomic mass is 19.1. The maximum atomic E-state index is 13.4. The Bertz CT molecular complexity index is 602. The standard InChI is InChI=1S/C11H7F2N3O4/c12-6-1-5(3-14)2-7(13)9(6)10(18)20-4-8(17)16-11(15)19/h1-2H,4H2,(H3,15,16,17,19). The molecule has 3 N–H and O–H groups in total. The summed E-state index contributed by atoms with van der Waals surface area (Å²) in [4.78, 5) is 32.6. The van der Waals surface area contributed by atoms with Crippen LogP contribution >= 0.6 is 0 Å². The Balaban J connectivity index is 2.81. The van der Waals surface area contributed by atoms with Gasteiger partial charge in [-0.2, -0.15) is 5.26 Å². The number of hydrogen-bond acceptors (Lipinski definition) is 5. The molecule has 1 aromatic rings. The molecule has 0 radical (unpaired) electrons. The quantitative estimate of drug-likeness (QED) is 0.766. The zero-order valence-corrected chi connectivity index (χ0v) is 9.78. The number of hydrogen-bond donors (Lipinski definition) is 2. The summed E-state index contributed by atoms with van der Waals surface area (Å²) in [6.45, 7) is -0.944. The van der Waals surface area contributed by atoms with Gasteiger partial charge in [0.2, 0.25) is 0 Å². The molecule has 0 bridgehead atoms. The normalized spacial score (nSPS) is 9.45. The Kier molecular flexibility index (Phi) is 4.69. The molecule has 0 aliphatic heterocycles. The number of rotatable bonds is 3. The summed E-state index contributed by atoms with van der Waals surface area (Å²) in [6, 6.07) is 1.62. The van der Waals surface area contributed by atoms with Gasteiger partial charge in [-0.1, -0.05) is 0 Å². The van der Waals surface area contributed by atoms with Crippen LogP contribution in [-0.4, -0.2) is 24.5 Å². The van der Waals surface area contributed by atoms with Gasteiger partial charge in [-0.25, -0.2) is 18.4 Å². The van der Waals surface area contributed by atoms with Gasteiger partial charge < -0.3 is 10.5 Å². The Hall–Kier alpha value is -3.02. The predicted molar refractivity (Wildman–Crippen MR) is 59.1 cm³/mol. The fourth-order valence-corrected chi connectivity index (χ4v) is 1.21. The number of urea groups is 1. The van der Waals surface area contributed by atoms with E-state index in [1.54, 1.807) is 5.32 Å². The van der Waals surface area contributed by atoms with Crippen LogP contribution in [-0.2, 0) is 9.53 Å². The number of nitrogens with one attached hydrogen (secondary N) is 1. The Morgan fingerprint density at radius 2 is 1.85 bits per heavy atom. The SMILES string of the molecule is N#Cc1cc(F)c(C(=O)OCC(=O)NC(N)=O)c(F)c1. The van der Waals surface area contributed by atoms with Crippen LogP contribution in [0.2, 0.25) is 0 Å². The largest absolute Gasteiger partial charge is 0.452 e. The molecule has 0 saturated carbocycles. The van der Waals surface area contributed by atoms with E-state index in [9.17, 15) is 23.2 Å². The number of nitrogens with two attached hydrogens (primary N) is 1.